The number of carbonyl (C=O) groups excluding carboxylic acids is 1. The van der Waals surface area contributed by atoms with Gasteiger partial charge < -0.3 is 4.74 Å². The first-order valence-corrected chi connectivity index (χ1v) is 7.65. The van der Waals surface area contributed by atoms with E-state index in [0.29, 0.717) is 11.0 Å². The zero-order valence-corrected chi connectivity index (χ0v) is 12.7. The van der Waals surface area contributed by atoms with E-state index in [-0.39, 0.29) is 12.4 Å². The van der Waals surface area contributed by atoms with E-state index in [4.69, 9.17) is 4.74 Å². The van der Waals surface area contributed by atoms with Gasteiger partial charge in [-0.3, -0.25) is 0 Å². The van der Waals surface area contributed by atoms with Crippen LogP contribution in [0.25, 0.3) is 11.0 Å². The third-order valence-electron chi connectivity index (χ3n) is 2.71. The van der Waals surface area contributed by atoms with Gasteiger partial charge in [0.05, 0.1) is 17.6 Å². The Balaban J connectivity index is 2.58. The van der Waals surface area contributed by atoms with Crippen molar-refractivity contribution in [2.24, 2.45) is 0 Å². The zero-order valence-electron chi connectivity index (χ0n) is 11.9. The van der Waals surface area contributed by atoms with Gasteiger partial charge in [0.1, 0.15) is 0 Å². The van der Waals surface area contributed by atoms with E-state index < -0.39 is 16.2 Å². The Hall–Kier alpha value is -2.13. The Morgan fingerprint density at radius 2 is 2.05 bits per heavy atom. The second-order valence-corrected chi connectivity index (χ2v) is 6.22. The summed E-state index contributed by atoms with van der Waals surface area (Å²) in [6.45, 7) is 1.83. The Labute approximate surface area is 122 Å². The van der Waals surface area contributed by atoms with Gasteiger partial charge in [-0.1, -0.05) is 12.1 Å². The number of fused-ring (bicyclic) bond motifs is 1. The summed E-state index contributed by atoms with van der Waals surface area (Å²) < 4.78 is 31.0. The topological polar surface area (TPSA) is 93.5 Å². The molecular weight excluding hydrogens is 296 g/mol. The molecule has 0 saturated carbocycles. The molecule has 0 fully saturated rings. The molecule has 1 aromatic heterocycles. The number of esters is 1. The Morgan fingerprint density at radius 3 is 2.67 bits per heavy atom. The summed E-state index contributed by atoms with van der Waals surface area (Å²) in [7, 11) is -1.02. The summed E-state index contributed by atoms with van der Waals surface area (Å²) in [4.78, 5) is 18.4. The lowest BCUT2D eigenvalue weighted by atomic mass is 10.3. The predicted octanol–water partition coefficient (Wildman–Crippen LogP) is 0.563. The van der Waals surface area contributed by atoms with Gasteiger partial charge in [0.2, 0.25) is 5.82 Å². The number of imidazole rings is 1. The number of para-hydroxylation sites is 2. The quantitative estimate of drug-likeness (QED) is 0.814. The number of hydrogen-bond acceptors (Lipinski definition) is 5. The van der Waals surface area contributed by atoms with E-state index in [1.807, 2.05) is 0 Å². The van der Waals surface area contributed by atoms with Crippen molar-refractivity contribution in [3.8, 4) is 0 Å². The number of aromatic nitrogens is 2. The second-order valence-electron chi connectivity index (χ2n) is 4.36. The third-order valence-corrected chi connectivity index (χ3v) is 4.08. The van der Waals surface area contributed by atoms with Gasteiger partial charge in [0.15, 0.2) is 0 Å². The highest BCUT2D eigenvalue weighted by Crippen LogP contribution is 2.16. The minimum Gasteiger partial charge on any atom is -0.460 e. The molecule has 0 aliphatic heterocycles. The first-order valence-electron chi connectivity index (χ1n) is 6.21. The van der Waals surface area contributed by atoms with Crippen LogP contribution in [0.1, 0.15) is 17.5 Å². The van der Waals surface area contributed by atoms with Crippen LogP contribution in [0.5, 0.6) is 0 Å². The minimum absolute atomic E-state index is 0.122. The number of hydrogen-bond donors (Lipinski definition) is 1. The van der Waals surface area contributed by atoms with E-state index in [2.05, 4.69) is 9.82 Å². The molecule has 1 aromatic carbocycles. The van der Waals surface area contributed by atoms with E-state index in [9.17, 15) is 13.2 Å². The van der Waals surface area contributed by atoms with Crippen LogP contribution in [0.4, 0.5) is 0 Å². The van der Waals surface area contributed by atoms with Crippen molar-refractivity contribution < 1.29 is 17.9 Å². The number of nitrogens with one attached hydrogen (secondary N) is 1. The average molecular weight is 312 g/mol. The molecule has 2 aromatic rings. The van der Waals surface area contributed by atoms with Crippen LogP contribution < -0.4 is 4.83 Å². The summed E-state index contributed by atoms with van der Waals surface area (Å²) in [5.41, 5.74) is 0.952. The van der Waals surface area contributed by atoms with E-state index in [1.165, 1.54) is 14.1 Å². The lowest BCUT2D eigenvalue weighted by Crippen LogP contribution is -2.35. The van der Waals surface area contributed by atoms with E-state index in [1.54, 1.807) is 31.2 Å². The molecule has 0 bridgehead atoms. The van der Waals surface area contributed by atoms with Crippen LogP contribution in [-0.4, -0.2) is 49.1 Å². The van der Waals surface area contributed by atoms with Gasteiger partial charge >= 0.3 is 16.2 Å². The molecule has 0 unspecified atom stereocenters. The molecule has 114 valence electrons. The molecule has 0 saturated heterocycles. The maximum absolute atomic E-state index is 12.0. The van der Waals surface area contributed by atoms with Crippen LogP contribution in [0.15, 0.2) is 24.3 Å². The predicted molar refractivity (Wildman–Crippen MR) is 77.7 cm³/mol. The monoisotopic (exact) mass is 312 g/mol. The molecule has 0 amide bonds. The Bertz CT molecular complexity index is 767. The molecule has 0 radical (unpaired) electrons. The average Bonchev–Trinajstić information content (AvgIpc) is 2.77. The fourth-order valence-electron chi connectivity index (χ4n) is 1.65. The highest BCUT2D eigenvalue weighted by Gasteiger charge is 2.23. The summed E-state index contributed by atoms with van der Waals surface area (Å²) in [6.07, 6.45) is 0. The number of nitrogens with zero attached hydrogens (tertiary/aromatic N) is 3. The standard InChI is InChI=1S/C12H16N4O4S/c1-4-20-12(17)11-13-9-7-5-6-8-10(9)16(11)14-21(18,19)15(2)3/h5-8,14H,4H2,1-3H3. The lowest BCUT2D eigenvalue weighted by Gasteiger charge is -2.15. The summed E-state index contributed by atoms with van der Waals surface area (Å²) >= 11 is 0. The van der Waals surface area contributed by atoms with E-state index >= 15 is 0 Å². The highest BCUT2D eigenvalue weighted by molar-refractivity contribution is 7.90. The van der Waals surface area contributed by atoms with Crippen molar-refractivity contribution in [1.82, 2.24) is 14.0 Å². The number of benzene rings is 1. The van der Waals surface area contributed by atoms with Crippen molar-refractivity contribution in [3.05, 3.63) is 30.1 Å². The van der Waals surface area contributed by atoms with Crippen molar-refractivity contribution in [2.45, 2.75) is 6.92 Å². The van der Waals surface area contributed by atoms with Crippen molar-refractivity contribution >= 4 is 27.2 Å². The number of ether oxygens (including phenoxy) is 1. The van der Waals surface area contributed by atoms with Gasteiger partial charge in [0, 0.05) is 14.1 Å². The first-order chi connectivity index (χ1) is 9.86. The normalized spacial score (nSPS) is 11.8. The molecular formula is C12H16N4O4S. The smallest absolute Gasteiger partial charge is 0.376 e. The first kappa shape index (κ1) is 15.3. The van der Waals surface area contributed by atoms with Crippen molar-refractivity contribution in [2.75, 3.05) is 25.5 Å². The summed E-state index contributed by atoms with van der Waals surface area (Å²) in [5.74, 6) is -0.821. The van der Waals surface area contributed by atoms with Gasteiger partial charge in [-0.25, -0.2) is 19.3 Å². The minimum atomic E-state index is -3.79. The maximum atomic E-state index is 12.0. The van der Waals surface area contributed by atoms with Crippen LogP contribution in [-0.2, 0) is 14.9 Å². The van der Waals surface area contributed by atoms with Gasteiger partial charge in [-0.05, 0) is 19.1 Å². The molecule has 0 atom stereocenters. The Kier molecular flexibility index (Phi) is 4.14. The SMILES string of the molecule is CCOC(=O)c1nc2ccccc2n1NS(=O)(=O)N(C)C. The van der Waals surface area contributed by atoms with Crippen molar-refractivity contribution in [3.63, 3.8) is 0 Å². The summed E-state index contributed by atoms with van der Waals surface area (Å²) in [6, 6.07) is 6.80. The molecule has 2 rings (SSSR count). The molecule has 8 nitrogen and oxygen atoms in total. The van der Waals surface area contributed by atoms with Crippen molar-refractivity contribution in [1.29, 1.82) is 0 Å². The van der Waals surface area contributed by atoms with Crippen LogP contribution >= 0.6 is 0 Å². The van der Waals surface area contributed by atoms with Gasteiger partial charge in [-0.2, -0.15) is 12.7 Å². The Morgan fingerprint density at radius 1 is 1.38 bits per heavy atom. The maximum Gasteiger partial charge on any atom is 0.376 e. The molecule has 21 heavy (non-hydrogen) atoms. The van der Waals surface area contributed by atoms with Crippen LogP contribution in [0.3, 0.4) is 0 Å². The summed E-state index contributed by atoms with van der Waals surface area (Å²) in [5, 5.41) is 0. The third kappa shape index (κ3) is 2.98. The molecule has 9 heteroatoms. The molecule has 0 aliphatic carbocycles. The van der Waals surface area contributed by atoms with E-state index in [0.717, 1.165) is 8.98 Å². The fourth-order valence-corrected chi connectivity index (χ4v) is 2.23. The second kappa shape index (κ2) is 5.70. The zero-order chi connectivity index (χ0) is 15.6. The molecule has 1 heterocycles. The largest absolute Gasteiger partial charge is 0.460 e. The van der Waals surface area contributed by atoms with Crippen LogP contribution in [0.2, 0.25) is 0 Å². The number of carbonyl (C=O) groups is 1. The number of rotatable bonds is 5. The fraction of sp³-hybridized carbons (Fsp3) is 0.333. The molecule has 1 N–H and O–H groups in total. The highest BCUT2D eigenvalue weighted by atomic mass is 32.2. The molecule has 0 aliphatic rings. The molecule has 0 spiro atoms. The van der Waals surface area contributed by atoms with Gasteiger partial charge in [-0.15, -0.1) is 0 Å². The lowest BCUT2D eigenvalue weighted by molar-refractivity contribution is 0.0509. The van der Waals surface area contributed by atoms with Gasteiger partial charge in [0.25, 0.3) is 0 Å². The van der Waals surface area contributed by atoms with Crippen LogP contribution in [0, 0.1) is 0 Å².